The first-order chi connectivity index (χ1) is 10.6. The van der Waals surface area contributed by atoms with E-state index < -0.39 is 0 Å². The Morgan fingerprint density at radius 2 is 2.18 bits per heavy atom. The Labute approximate surface area is 133 Å². The van der Waals surface area contributed by atoms with E-state index in [4.69, 9.17) is 4.74 Å². The number of aryl methyl sites for hydroxylation is 2. The minimum absolute atomic E-state index is 0.151. The monoisotopic (exact) mass is 320 g/mol. The lowest BCUT2D eigenvalue weighted by atomic mass is 10.2. The van der Waals surface area contributed by atoms with Crippen molar-refractivity contribution >= 4 is 23.1 Å². The van der Waals surface area contributed by atoms with Gasteiger partial charge in [-0.2, -0.15) is 0 Å². The summed E-state index contributed by atoms with van der Waals surface area (Å²) in [5.74, 6) is 0.570. The van der Waals surface area contributed by atoms with Crippen LogP contribution >= 0.6 is 11.3 Å². The number of carbonyl (C=O) groups excluding carboxylic acids is 1. The zero-order chi connectivity index (χ0) is 15.9. The number of anilines is 1. The van der Waals surface area contributed by atoms with Crippen LogP contribution in [0, 0.1) is 13.8 Å². The molecule has 0 spiro atoms. The van der Waals surface area contributed by atoms with Crippen molar-refractivity contribution in [2.24, 2.45) is 0 Å². The Hall–Kier alpha value is -1.99. The van der Waals surface area contributed by atoms with E-state index >= 15 is 0 Å². The van der Waals surface area contributed by atoms with Gasteiger partial charge in [-0.15, -0.1) is 11.3 Å². The van der Waals surface area contributed by atoms with Gasteiger partial charge in [-0.1, -0.05) is 0 Å². The van der Waals surface area contributed by atoms with Crippen LogP contribution in [0.4, 0.5) is 5.82 Å². The quantitative estimate of drug-likeness (QED) is 0.765. The Morgan fingerprint density at radius 1 is 1.36 bits per heavy atom. The molecule has 0 radical (unpaired) electrons. The van der Waals surface area contributed by atoms with E-state index in [2.05, 4.69) is 27.5 Å². The fourth-order valence-electron chi connectivity index (χ4n) is 1.91. The molecule has 7 heteroatoms. The van der Waals surface area contributed by atoms with Gasteiger partial charge in [-0.25, -0.2) is 9.97 Å². The zero-order valence-corrected chi connectivity index (χ0v) is 13.8. The molecular weight excluding hydrogens is 300 g/mol. The number of aromatic nitrogens is 2. The molecule has 0 aliphatic carbocycles. The van der Waals surface area contributed by atoms with Crippen LogP contribution in [-0.4, -0.2) is 36.1 Å². The van der Waals surface area contributed by atoms with Gasteiger partial charge in [0.1, 0.15) is 5.82 Å². The maximum Gasteiger partial charge on any atom is 0.252 e. The second-order valence-corrected chi connectivity index (χ2v) is 6.18. The number of thiazole rings is 1. The van der Waals surface area contributed by atoms with Gasteiger partial charge >= 0.3 is 0 Å². The van der Waals surface area contributed by atoms with E-state index in [-0.39, 0.29) is 5.91 Å². The summed E-state index contributed by atoms with van der Waals surface area (Å²) in [5, 5.41) is 7.03. The second-order valence-electron chi connectivity index (χ2n) is 4.77. The maximum atomic E-state index is 11.8. The summed E-state index contributed by atoms with van der Waals surface area (Å²) in [4.78, 5) is 21.7. The Kier molecular flexibility index (Phi) is 5.85. The lowest BCUT2D eigenvalue weighted by molar-refractivity contribution is 0.0937. The van der Waals surface area contributed by atoms with Gasteiger partial charge in [0.2, 0.25) is 0 Å². The molecular formula is C15H20N4O2S. The van der Waals surface area contributed by atoms with Crippen LogP contribution in [0.2, 0.25) is 0 Å². The molecule has 1 amide bonds. The molecule has 2 heterocycles. The van der Waals surface area contributed by atoms with Crippen molar-refractivity contribution in [1.82, 2.24) is 15.3 Å². The molecule has 0 bridgehead atoms. The molecule has 2 aromatic rings. The Balaban J connectivity index is 1.89. The molecule has 0 aliphatic heterocycles. The molecule has 2 aromatic heterocycles. The number of nitrogens with one attached hydrogen (secondary N) is 2. The third-order valence-electron chi connectivity index (χ3n) is 3.05. The molecule has 0 unspecified atom stereocenters. The number of methoxy groups -OCH3 is 1. The predicted octanol–water partition coefficient (Wildman–Crippen LogP) is 2.14. The molecule has 0 aliphatic rings. The Morgan fingerprint density at radius 3 is 2.77 bits per heavy atom. The summed E-state index contributed by atoms with van der Waals surface area (Å²) in [6.07, 6.45) is 1.56. The van der Waals surface area contributed by atoms with Gasteiger partial charge in [0.05, 0.1) is 29.4 Å². The van der Waals surface area contributed by atoms with E-state index in [9.17, 15) is 4.79 Å². The highest BCUT2D eigenvalue weighted by Crippen LogP contribution is 2.17. The minimum Gasteiger partial charge on any atom is -0.383 e. The van der Waals surface area contributed by atoms with Crippen LogP contribution in [0.15, 0.2) is 18.3 Å². The Bertz CT molecular complexity index is 625. The standard InChI is InChI=1S/C15H20N4O2S/c1-10-13(19-11(2)22-10)9-18-14-5-4-12(8-17-14)15(20)16-6-7-21-3/h4-5,8H,6-7,9H2,1-3H3,(H,16,20)(H,17,18). The summed E-state index contributed by atoms with van der Waals surface area (Å²) >= 11 is 1.69. The molecule has 2 N–H and O–H groups in total. The smallest absolute Gasteiger partial charge is 0.252 e. The largest absolute Gasteiger partial charge is 0.383 e. The van der Waals surface area contributed by atoms with E-state index in [1.807, 2.05) is 6.92 Å². The normalized spacial score (nSPS) is 10.5. The highest BCUT2D eigenvalue weighted by Gasteiger charge is 2.07. The highest BCUT2D eigenvalue weighted by molar-refractivity contribution is 7.11. The van der Waals surface area contributed by atoms with Crippen molar-refractivity contribution in [2.75, 3.05) is 25.6 Å². The number of amides is 1. The van der Waals surface area contributed by atoms with Gasteiger partial charge in [0.25, 0.3) is 5.91 Å². The van der Waals surface area contributed by atoms with Gasteiger partial charge in [-0.05, 0) is 26.0 Å². The lowest BCUT2D eigenvalue weighted by Gasteiger charge is -2.07. The fourth-order valence-corrected chi connectivity index (χ4v) is 2.75. The molecule has 0 atom stereocenters. The van der Waals surface area contributed by atoms with Crippen LogP contribution in [0.25, 0.3) is 0 Å². The van der Waals surface area contributed by atoms with Crippen molar-refractivity contribution in [3.8, 4) is 0 Å². The van der Waals surface area contributed by atoms with E-state index in [0.29, 0.717) is 25.3 Å². The average Bonchev–Trinajstić information content (AvgIpc) is 2.83. The van der Waals surface area contributed by atoms with E-state index in [1.54, 1.807) is 36.8 Å². The molecule has 0 saturated heterocycles. The van der Waals surface area contributed by atoms with E-state index in [1.165, 1.54) is 4.88 Å². The summed E-state index contributed by atoms with van der Waals surface area (Å²) in [5.41, 5.74) is 1.56. The first-order valence-corrected chi connectivity index (χ1v) is 7.81. The SMILES string of the molecule is COCCNC(=O)c1ccc(NCc2nc(C)sc2C)nc1. The number of nitrogens with zero attached hydrogens (tertiary/aromatic N) is 2. The van der Waals surface area contributed by atoms with Gasteiger partial charge in [0, 0.05) is 24.7 Å². The molecule has 0 fully saturated rings. The van der Waals surface area contributed by atoms with Crippen LogP contribution in [0.1, 0.15) is 25.9 Å². The number of ether oxygens (including phenoxy) is 1. The van der Waals surface area contributed by atoms with Crippen molar-refractivity contribution in [2.45, 2.75) is 20.4 Å². The number of pyridine rings is 1. The molecule has 2 rings (SSSR count). The second kappa shape index (κ2) is 7.86. The van der Waals surface area contributed by atoms with Crippen molar-refractivity contribution in [3.05, 3.63) is 39.5 Å². The zero-order valence-electron chi connectivity index (χ0n) is 13.0. The van der Waals surface area contributed by atoms with Crippen LogP contribution in [0.5, 0.6) is 0 Å². The van der Waals surface area contributed by atoms with Crippen LogP contribution in [-0.2, 0) is 11.3 Å². The third kappa shape index (κ3) is 4.51. The lowest BCUT2D eigenvalue weighted by Crippen LogP contribution is -2.27. The molecule has 22 heavy (non-hydrogen) atoms. The third-order valence-corrected chi connectivity index (χ3v) is 3.98. The number of hydrogen-bond donors (Lipinski definition) is 2. The highest BCUT2D eigenvalue weighted by atomic mass is 32.1. The topological polar surface area (TPSA) is 76.1 Å². The number of carbonyl (C=O) groups is 1. The van der Waals surface area contributed by atoms with E-state index in [0.717, 1.165) is 16.5 Å². The van der Waals surface area contributed by atoms with Gasteiger partial charge in [0.15, 0.2) is 0 Å². The number of rotatable bonds is 7. The molecule has 0 saturated carbocycles. The van der Waals surface area contributed by atoms with Gasteiger partial charge < -0.3 is 15.4 Å². The maximum absolute atomic E-state index is 11.8. The molecule has 118 valence electrons. The predicted molar refractivity (Wildman–Crippen MR) is 87.4 cm³/mol. The van der Waals surface area contributed by atoms with Crippen molar-refractivity contribution in [3.63, 3.8) is 0 Å². The van der Waals surface area contributed by atoms with Crippen molar-refractivity contribution in [1.29, 1.82) is 0 Å². The van der Waals surface area contributed by atoms with Crippen molar-refractivity contribution < 1.29 is 9.53 Å². The van der Waals surface area contributed by atoms with Crippen LogP contribution < -0.4 is 10.6 Å². The molecule has 6 nitrogen and oxygen atoms in total. The average molecular weight is 320 g/mol. The minimum atomic E-state index is -0.151. The van der Waals surface area contributed by atoms with Gasteiger partial charge in [-0.3, -0.25) is 4.79 Å². The molecule has 0 aromatic carbocycles. The first-order valence-electron chi connectivity index (χ1n) is 7.00. The van der Waals surface area contributed by atoms with Crippen LogP contribution in [0.3, 0.4) is 0 Å². The number of hydrogen-bond acceptors (Lipinski definition) is 6. The summed E-state index contributed by atoms with van der Waals surface area (Å²) in [6.45, 7) is 5.66. The summed E-state index contributed by atoms with van der Waals surface area (Å²) in [7, 11) is 1.60. The fraction of sp³-hybridized carbons (Fsp3) is 0.400. The first kappa shape index (κ1) is 16.4. The summed E-state index contributed by atoms with van der Waals surface area (Å²) in [6, 6.07) is 3.54. The summed E-state index contributed by atoms with van der Waals surface area (Å²) < 4.78 is 4.89.